The number of thiophene rings is 1. The van der Waals surface area contributed by atoms with Crippen LogP contribution in [-0.4, -0.2) is 28.1 Å². The number of carbonyl (C=O) groups excluding carboxylic acids is 2. The van der Waals surface area contributed by atoms with Crippen LogP contribution >= 0.6 is 22.9 Å². The zero-order chi connectivity index (χ0) is 18.5. The number of carbonyl (C=O) groups is 2. The van der Waals surface area contributed by atoms with Gasteiger partial charge in [0, 0.05) is 5.38 Å². The maximum atomic E-state index is 12.1. The van der Waals surface area contributed by atoms with Gasteiger partial charge in [0.15, 0.2) is 6.61 Å². The van der Waals surface area contributed by atoms with Gasteiger partial charge < -0.3 is 14.6 Å². The molecule has 2 heterocycles. The van der Waals surface area contributed by atoms with Crippen molar-refractivity contribution in [3.8, 4) is 11.5 Å². The topological polar surface area (TPSA) is 94.3 Å². The van der Waals surface area contributed by atoms with Crippen LogP contribution in [0, 0.1) is 0 Å². The fourth-order valence-electron chi connectivity index (χ4n) is 2.06. The molecule has 7 nitrogen and oxygen atoms in total. The molecule has 9 heteroatoms. The largest absolute Gasteiger partial charge is 0.456 e. The first-order valence-corrected chi connectivity index (χ1v) is 8.94. The summed E-state index contributed by atoms with van der Waals surface area (Å²) in [6, 6.07) is 7.56. The Bertz CT molecular complexity index is 910. The van der Waals surface area contributed by atoms with Crippen LogP contribution in [0.15, 0.2) is 45.6 Å². The standard InChI is InChI=1S/C17H14ClN3O4S/c1-10(19-15(22)12-4-2-3-5-13(12)18)17(23)24-8-14-20-16(25-21-14)11-6-7-26-9-11/h2-7,9-10H,8H2,1H3,(H,19,22)/t10-/m0/s1. The molecule has 0 aliphatic carbocycles. The van der Waals surface area contributed by atoms with Gasteiger partial charge in [-0.25, -0.2) is 4.79 Å². The highest BCUT2D eigenvalue weighted by Crippen LogP contribution is 2.20. The Morgan fingerprint density at radius 3 is 2.88 bits per heavy atom. The lowest BCUT2D eigenvalue weighted by Crippen LogP contribution is -2.39. The molecule has 1 amide bonds. The summed E-state index contributed by atoms with van der Waals surface area (Å²) in [5.74, 6) is -0.479. The second-order valence-electron chi connectivity index (χ2n) is 5.31. The molecule has 0 saturated heterocycles. The van der Waals surface area contributed by atoms with Crippen LogP contribution in [0.2, 0.25) is 5.02 Å². The minimum absolute atomic E-state index is 0.154. The van der Waals surface area contributed by atoms with E-state index in [4.69, 9.17) is 20.9 Å². The Morgan fingerprint density at radius 2 is 2.15 bits per heavy atom. The molecule has 0 radical (unpaired) electrons. The van der Waals surface area contributed by atoms with E-state index in [1.807, 2.05) is 16.8 Å². The quantitative estimate of drug-likeness (QED) is 0.648. The Morgan fingerprint density at radius 1 is 1.35 bits per heavy atom. The normalized spacial score (nSPS) is 11.8. The molecule has 0 saturated carbocycles. The number of esters is 1. The number of aromatic nitrogens is 2. The lowest BCUT2D eigenvalue weighted by Gasteiger charge is -2.13. The second kappa shape index (κ2) is 8.11. The molecule has 0 bridgehead atoms. The van der Waals surface area contributed by atoms with Crippen LogP contribution < -0.4 is 5.32 Å². The zero-order valence-corrected chi connectivity index (χ0v) is 15.2. The summed E-state index contributed by atoms with van der Waals surface area (Å²) in [5, 5.41) is 10.4. The molecule has 3 rings (SSSR count). The first-order valence-electron chi connectivity index (χ1n) is 7.62. The van der Waals surface area contributed by atoms with Crippen molar-refractivity contribution in [3.05, 3.63) is 57.5 Å². The fraction of sp³-hybridized carbons (Fsp3) is 0.176. The molecule has 0 spiro atoms. The highest BCUT2D eigenvalue weighted by molar-refractivity contribution is 7.08. The third-order valence-corrected chi connectivity index (χ3v) is 4.41. The lowest BCUT2D eigenvalue weighted by molar-refractivity contribution is -0.147. The Hall–Kier alpha value is -2.71. The van der Waals surface area contributed by atoms with E-state index < -0.39 is 17.9 Å². The first-order chi connectivity index (χ1) is 12.5. The summed E-state index contributed by atoms with van der Waals surface area (Å²) in [7, 11) is 0. The fourth-order valence-corrected chi connectivity index (χ4v) is 2.91. The summed E-state index contributed by atoms with van der Waals surface area (Å²) in [6.45, 7) is 1.36. The SMILES string of the molecule is C[C@H](NC(=O)c1ccccc1Cl)C(=O)OCc1noc(-c2ccsc2)n1. The van der Waals surface area contributed by atoms with Gasteiger partial charge in [-0.2, -0.15) is 16.3 Å². The highest BCUT2D eigenvalue weighted by atomic mass is 35.5. The number of nitrogens with zero attached hydrogens (tertiary/aromatic N) is 2. The van der Waals surface area contributed by atoms with Gasteiger partial charge in [-0.1, -0.05) is 28.9 Å². The van der Waals surface area contributed by atoms with E-state index in [1.165, 1.54) is 18.3 Å². The van der Waals surface area contributed by atoms with E-state index >= 15 is 0 Å². The van der Waals surface area contributed by atoms with Gasteiger partial charge in [0.2, 0.25) is 5.82 Å². The van der Waals surface area contributed by atoms with Crippen molar-refractivity contribution in [2.24, 2.45) is 0 Å². The molecular weight excluding hydrogens is 378 g/mol. The highest BCUT2D eigenvalue weighted by Gasteiger charge is 2.20. The van der Waals surface area contributed by atoms with Crippen molar-refractivity contribution in [1.82, 2.24) is 15.5 Å². The van der Waals surface area contributed by atoms with Gasteiger partial charge in [-0.15, -0.1) is 0 Å². The summed E-state index contributed by atoms with van der Waals surface area (Å²) in [4.78, 5) is 28.3. The summed E-state index contributed by atoms with van der Waals surface area (Å²) in [6.07, 6.45) is 0. The van der Waals surface area contributed by atoms with E-state index in [0.717, 1.165) is 5.56 Å². The van der Waals surface area contributed by atoms with E-state index in [9.17, 15) is 9.59 Å². The molecule has 0 aliphatic heterocycles. The van der Waals surface area contributed by atoms with Crippen molar-refractivity contribution in [2.75, 3.05) is 0 Å². The molecule has 26 heavy (non-hydrogen) atoms. The molecule has 3 aromatic rings. The van der Waals surface area contributed by atoms with Crippen LogP contribution in [0.4, 0.5) is 0 Å². The average molecular weight is 392 g/mol. The molecule has 1 aromatic carbocycles. The zero-order valence-electron chi connectivity index (χ0n) is 13.6. The first kappa shape index (κ1) is 18.1. The van der Waals surface area contributed by atoms with Crippen LogP contribution in [-0.2, 0) is 16.1 Å². The molecule has 1 N–H and O–H groups in total. The van der Waals surface area contributed by atoms with Crippen LogP contribution in [0.3, 0.4) is 0 Å². The van der Waals surface area contributed by atoms with Crippen molar-refractivity contribution in [2.45, 2.75) is 19.6 Å². The molecule has 1 atom stereocenters. The number of benzene rings is 1. The van der Waals surface area contributed by atoms with Crippen molar-refractivity contribution < 1.29 is 18.8 Å². The van der Waals surface area contributed by atoms with E-state index in [0.29, 0.717) is 10.9 Å². The predicted octanol–water partition coefficient (Wildman–Crippen LogP) is 3.31. The maximum absolute atomic E-state index is 12.1. The van der Waals surface area contributed by atoms with Crippen LogP contribution in [0.25, 0.3) is 11.5 Å². The number of rotatable bonds is 6. The van der Waals surface area contributed by atoms with Crippen LogP contribution in [0.1, 0.15) is 23.1 Å². The van der Waals surface area contributed by atoms with Gasteiger partial charge in [0.1, 0.15) is 6.04 Å². The number of amides is 1. The number of ether oxygens (including phenoxy) is 1. The van der Waals surface area contributed by atoms with Gasteiger partial charge in [0.25, 0.3) is 11.8 Å². The average Bonchev–Trinajstić information content (AvgIpc) is 3.31. The third-order valence-electron chi connectivity index (χ3n) is 3.40. The Balaban J connectivity index is 1.53. The Kier molecular flexibility index (Phi) is 5.65. The summed E-state index contributed by atoms with van der Waals surface area (Å²) in [5.41, 5.74) is 1.09. The van der Waals surface area contributed by atoms with Gasteiger partial charge in [0.05, 0.1) is 16.1 Å². The van der Waals surface area contributed by atoms with E-state index in [1.54, 1.807) is 24.3 Å². The van der Waals surface area contributed by atoms with E-state index in [2.05, 4.69) is 15.5 Å². The number of nitrogens with one attached hydrogen (secondary N) is 1. The van der Waals surface area contributed by atoms with Crippen molar-refractivity contribution >= 4 is 34.8 Å². The van der Waals surface area contributed by atoms with Crippen LogP contribution in [0.5, 0.6) is 0 Å². The molecule has 134 valence electrons. The Labute approximate surface area is 157 Å². The summed E-state index contributed by atoms with van der Waals surface area (Å²) < 4.78 is 10.2. The number of hydrogen-bond acceptors (Lipinski definition) is 7. The van der Waals surface area contributed by atoms with Crippen molar-refractivity contribution in [3.63, 3.8) is 0 Å². The molecule has 0 aliphatic rings. The number of halogens is 1. The third kappa shape index (κ3) is 4.27. The molecule has 0 fully saturated rings. The minimum Gasteiger partial charge on any atom is -0.456 e. The lowest BCUT2D eigenvalue weighted by atomic mass is 10.2. The smallest absolute Gasteiger partial charge is 0.328 e. The number of hydrogen-bond donors (Lipinski definition) is 1. The maximum Gasteiger partial charge on any atom is 0.328 e. The summed E-state index contributed by atoms with van der Waals surface area (Å²) >= 11 is 7.47. The van der Waals surface area contributed by atoms with E-state index in [-0.39, 0.29) is 18.0 Å². The van der Waals surface area contributed by atoms with Gasteiger partial charge in [-0.05, 0) is 30.5 Å². The monoisotopic (exact) mass is 391 g/mol. The second-order valence-corrected chi connectivity index (χ2v) is 6.50. The predicted molar refractivity (Wildman–Crippen MR) is 95.8 cm³/mol. The van der Waals surface area contributed by atoms with Gasteiger partial charge >= 0.3 is 5.97 Å². The van der Waals surface area contributed by atoms with Crippen molar-refractivity contribution in [1.29, 1.82) is 0 Å². The molecular formula is C17H14ClN3O4S. The minimum atomic E-state index is -0.859. The van der Waals surface area contributed by atoms with Gasteiger partial charge in [-0.3, -0.25) is 4.79 Å². The molecule has 0 unspecified atom stereocenters. The molecule has 2 aromatic heterocycles.